The monoisotopic (exact) mass is 240 g/mol. The lowest BCUT2D eigenvalue weighted by Crippen LogP contribution is -2.61. The van der Waals surface area contributed by atoms with E-state index < -0.39 is 0 Å². The average Bonchev–Trinajstić information content (AvgIpc) is 2.73. The second-order valence-corrected chi connectivity index (χ2v) is 5.38. The van der Waals surface area contributed by atoms with Crippen molar-refractivity contribution in [1.29, 1.82) is 0 Å². The topological polar surface area (TPSA) is 43.2 Å². The van der Waals surface area contributed by atoms with Gasteiger partial charge in [0.1, 0.15) is 5.60 Å². The van der Waals surface area contributed by atoms with E-state index in [0.717, 1.165) is 13.1 Å². The first kappa shape index (κ1) is 9.24. The van der Waals surface area contributed by atoms with Crippen LogP contribution in [0.4, 0.5) is 0 Å². The van der Waals surface area contributed by atoms with Gasteiger partial charge in [0, 0.05) is 12.5 Å². The van der Waals surface area contributed by atoms with Gasteiger partial charge in [-0.1, -0.05) is 0 Å². The van der Waals surface area contributed by atoms with Crippen LogP contribution in [0.1, 0.15) is 12.8 Å². The minimum atomic E-state index is -0.0730. The van der Waals surface area contributed by atoms with Crippen molar-refractivity contribution in [2.45, 2.75) is 25.0 Å². The summed E-state index contributed by atoms with van der Waals surface area (Å²) >= 11 is 5.75. The molecule has 4 aliphatic heterocycles. The lowest BCUT2D eigenvalue weighted by molar-refractivity contribution is -0.0839. The van der Waals surface area contributed by atoms with E-state index in [1.807, 2.05) is 4.68 Å². The minimum Gasteiger partial charge on any atom is -0.453 e. The molecule has 5 rings (SSSR count). The fourth-order valence-corrected chi connectivity index (χ4v) is 3.53. The predicted octanol–water partition coefficient (Wildman–Crippen LogP) is 0.788. The molecule has 6 heteroatoms. The molecule has 1 spiro atoms. The zero-order chi connectivity index (χ0) is 10.8. The molecule has 0 N–H and O–H groups in total. The van der Waals surface area contributed by atoms with Crippen LogP contribution in [0.15, 0.2) is 0 Å². The molecule has 1 aromatic rings. The van der Waals surface area contributed by atoms with Crippen LogP contribution < -0.4 is 4.74 Å². The third kappa shape index (κ3) is 1.10. The summed E-state index contributed by atoms with van der Waals surface area (Å²) in [6, 6.07) is 0.596. The number of fused-ring (bicyclic) bond motifs is 3. The number of halogens is 1. The van der Waals surface area contributed by atoms with Gasteiger partial charge in [-0.05, 0) is 37.5 Å². The summed E-state index contributed by atoms with van der Waals surface area (Å²) < 4.78 is 7.86. The Bertz CT molecular complexity index is 415. The zero-order valence-electron chi connectivity index (χ0n) is 8.90. The van der Waals surface area contributed by atoms with Gasteiger partial charge < -0.3 is 4.74 Å². The van der Waals surface area contributed by atoms with Crippen LogP contribution in [0.3, 0.4) is 0 Å². The second-order valence-electron chi connectivity index (χ2n) is 5.04. The van der Waals surface area contributed by atoms with Crippen molar-refractivity contribution in [3.63, 3.8) is 0 Å². The van der Waals surface area contributed by atoms with Crippen LogP contribution in [0.5, 0.6) is 6.01 Å². The number of piperidine rings is 3. The van der Waals surface area contributed by atoms with Crippen LogP contribution >= 0.6 is 11.6 Å². The smallest absolute Gasteiger partial charge is 0.316 e. The van der Waals surface area contributed by atoms with E-state index >= 15 is 0 Å². The highest BCUT2D eigenvalue weighted by Crippen LogP contribution is 2.43. The lowest BCUT2D eigenvalue weighted by atomic mass is 9.75. The van der Waals surface area contributed by atoms with Gasteiger partial charge in [-0.2, -0.15) is 4.98 Å². The summed E-state index contributed by atoms with van der Waals surface area (Å²) in [5.74, 6) is 0.653. The SMILES string of the molecule is Clc1nc2n(n1)CC1(CN3CCC1CC3)O2. The molecule has 4 aliphatic rings. The van der Waals surface area contributed by atoms with E-state index in [1.165, 1.54) is 25.9 Å². The molecule has 1 aromatic heterocycles. The Morgan fingerprint density at radius 3 is 2.75 bits per heavy atom. The van der Waals surface area contributed by atoms with Crippen LogP contribution in [0, 0.1) is 5.92 Å². The second kappa shape index (κ2) is 2.90. The summed E-state index contributed by atoms with van der Waals surface area (Å²) in [5, 5.41) is 4.44. The van der Waals surface area contributed by atoms with Crippen molar-refractivity contribution in [3.8, 4) is 6.01 Å². The van der Waals surface area contributed by atoms with E-state index in [2.05, 4.69) is 15.0 Å². The Morgan fingerprint density at radius 2 is 2.12 bits per heavy atom. The van der Waals surface area contributed by atoms with Gasteiger partial charge >= 0.3 is 6.01 Å². The van der Waals surface area contributed by atoms with E-state index in [-0.39, 0.29) is 10.9 Å². The third-order valence-corrected chi connectivity index (χ3v) is 4.31. The van der Waals surface area contributed by atoms with Crippen molar-refractivity contribution >= 4 is 11.6 Å². The molecule has 3 saturated heterocycles. The highest BCUT2D eigenvalue weighted by molar-refractivity contribution is 6.28. The Balaban J connectivity index is 1.69. The molecular formula is C10H13ClN4O. The number of aromatic nitrogens is 3. The largest absolute Gasteiger partial charge is 0.453 e. The van der Waals surface area contributed by atoms with Gasteiger partial charge in [0.25, 0.3) is 0 Å². The van der Waals surface area contributed by atoms with E-state index in [9.17, 15) is 0 Å². The molecule has 5 nitrogen and oxygen atoms in total. The first-order chi connectivity index (χ1) is 7.75. The Hall–Kier alpha value is -0.810. The molecule has 0 radical (unpaired) electrons. The Labute approximate surface area is 98.3 Å². The van der Waals surface area contributed by atoms with Crippen LogP contribution in [0.25, 0.3) is 0 Å². The summed E-state index contributed by atoms with van der Waals surface area (Å²) in [6.45, 7) is 4.25. The molecule has 3 fully saturated rings. The summed E-state index contributed by atoms with van der Waals surface area (Å²) in [7, 11) is 0. The highest BCUT2D eigenvalue weighted by Gasteiger charge is 2.53. The molecule has 0 amide bonds. The van der Waals surface area contributed by atoms with Crippen LogP contribution in [-0.4, -0.2) is 44.9 Å². The van der Waals surface area contributed by atoms with E-state index in [4.69, 9.17) is 16.3 Å². The highest BCUT2D eigenvalue weighted by atomic mass is 35.5. The van der Waals surface area contributed by atoms with Crippen molar-refractivity contribution in [2.24, 2.45) is 5.92 Å². The van der Waals surface area contributed by atoms with Gasteiger partial charge in [-0.25, -0.2) is 4.68 Å². The molecular weight excluding hydrogens is 228 g/mol. The predicted molar refractivity (Wildman–Crippen MR) is 57.6 cm³/mol. The maximum atomic E-state index is 6.05. The van der Waals surface area contributed by atoms with Crippen molar-refractivity contribution in [1.82, 2.24) is 19.7 Å². The maximum Gasteiger partial charge on any atom is 0.316 e. The van der Waals surface area contributed by atoms with Gasteiger partial charge in [0.05, 0.1) is 6.54 Å². The molecule has 5 heterocycles. The first-order valence-electron chi connectivity index (χ1n) is 5.77. The Kier molecular flexibility index (Phi) is 1.67. The molecule has 86 valence electrons. The maximum absolute atomic E-state index is 6.05. The lowest BCUT2D eigenvalue weighted by Gasteiger charge is -2.49. The normalized spacial score (nSPS) is 40.1. The molecule has 0 aliphatic carbocycles. The molecule has 1 atom stereocenters. The minimum absolute atomic E-state index is 0.0730. The van der Waals surface area contributed by atoms with Crippen LogP contribution in [0.2, 0.25) is 5.28 Å². The molecule has 16 heavy (non-hydrogen) atoms. The number of ether oxygens (including phenoxy) is 1. The van der Waals surface area contributed by atoms with E-state index in [1.54, 1.807) is 0 Å². The molecule has 0 saturated carbocycles. The quantitative estimate of drug-likeness (QED) is 0.673. The zero-order valence-corrected chi connectivity index (χ0v) is 9.65. The molecule has 1 unspecified atom stereocenters. The number of hydrogen-bond acceptors (Lipinski definition) is 4. The summed E-state index contributed by atoms with van der Waals surface area (Å²) in [5.41, 5.74) is -0.0730. The Morgan fingerprint density at radius 1 is 1.31 bits per heavy atom. The van der Waals surface area contributed by atoms with Gasteiger partial charge in [0.2, 0.25) is 5.28 Å². The number of hydrogen-bond donors (Lipinski definition) is 0. The standard InChI is InChI=1S/C10H13ClN4O/c11-8-12-9-15(13-8)6-10(16-9)5-14-3-1-7(10)2-4-14/h7H,1-6H2. The van der Waals surface area contributed by atoms with Crippen LogP contribution in [-0.2, 0) is 6.54 Å². The molecule has 2 bridgehead atoms. The van der Waals surface area contributed by atoms with Gasteiger partial charge in [0.15, 0.2) is 0 Å². The fraction of sp³-hybridized carbons (Fsp3) is 0.800. The third-order valence-electron chi connectivity index (χ3n) is 4.15. The summed E-state index contributed by atoms with van der Waals surface area (Å²) in [6.07, 6.45) is 2.47. The first-order valence-corrected chi connectivity index (χ1v) is 6.15. The van der Waals surface area contributed by atoms with Crippen molar-refractivity contribution in [3.05, 3.63) is 5.28 Å². The van der Waals surface area contributed by atoms with Gasteiger partial charge in [-0.3, -0.25) is 4.90 Å². The average molecular weight is 241 g/mol. The van der Waals surface area contributed by atoms with Crippen molar-refractivity contribution in [2.75, 3.05) is 19.6 Å². The molecule has 0 aromatic carbocycles. The summed E-state index contributed by atoms with van der Waals surface area (Å²) in [4.78, 5) is 6.58. The number of nitrogens with zero attached hydrogens (tertiary/aromatic N) is 4. The fourth-order valence-electron chi connectivity index (χ4n) is 3.37. The van der Waals surface area contributed by atoms with Crippen molar-refractivity contribution < 1.29 is 4.74 Å². The van der Waals surface area contributed by atoms with Gasteiger partial charge in [-0.15, -0.1) is 5.10 Å². The van der Waals surface area contributed by atoms with E-state index in [0.29, 0.717) is 11.9 Å². The number of rotatable bonds is 0.